The maximum atomic E-state index is 14.8. The first-order chi connectivity index (χ1) is 16.3. The monoisotopic (exact) mass is 472 g/mol. The van der Waals surface area contributed by atoms with E-state index in [1.807, 2.05) is 0 Å². The Balaban J connectivity index is 1.76. The van der Waals surface area contributed by atoms with Gasteiger partial charge in [-0.2, -0.15) is 5.10 Å². The van der Waals surface area contributed by atoms with Gasteiger partial charge in [-0.3, -0.25) is 9.59 Å². The molecule has 34 heavy (non-hydrogen) atoms. The number of anilines is 1. The van der Waals surface area contributed by atoms with E-state index in [-0.39, 0.29) is 46.0 Å². The second-order valence-corrected chi connectivity index (χ2v) is 7.67. The van der Waals surface area contributed by atoms with Crippen LogP contribution in [0.15, 0.2) is 25.0 Å². The Bertz CT molecular complexity index is 1280. The number of hydrogen-bond acceptors (Lipinski definition) is 8. The van der Waals surface area contributed by atoms with Crippen LogP contribution < -0.4 is 15.2 Å². The normalized spacial score (nSPS) is 15.5. The molecule has 0 spiro atoms. The molecule has 10 nitrogen and oxygen atoms in total. The molecule has 0 saturated carbocycles. The van der Waals surface area contributed by atoms with Crippen molar-refractivity contribution in [3.05, 3.63) is 47.9 Å². The van der Waals surface area contributed by atoms with E-state index >= 15 is 0 Å². The number of methoxy groups -OCH3 is 2. The molecule has 0 unspecified atom stereocenters. The maximum Gasteiger partial charge on any atom is 0.246 e. The van der Waals surface area contributed by atoms with Gasteiger partial charge in [-0.1, -0.05) is 6.58 Å². The van der Waals surface area contributed by atoms with Gasteiger partial charge in [0, 0.05) is 31.1 Å². The van der Waals surface area contributed by atoms with Crippen molar-refractivity contribution in [1.82, 2.24) is 24.6 Å². The average molecular weight is 472 g/mol. The van der Waals surface area contributed by atoms with Crippen LogP contribution in [0.5, 0.6) is 11.5 Å². The number of carbonyl (C=O) groups excluding carboxylic acids is 2. The quantitative estimate of drug-likeness (QED) is 0.409. The van der Waals surface area contributed by atoms with E-state index in [9.17, 15) is 18.4 Å². The zero-order chi connectivity index (χ0) is 24.6. The van der Waals surface area contributed by atoms with E-state index in [1.54, 1.807) is 4.90 Å². The molecule has 1 amide bonds. The summed E-state index contributed by atoms with van der Waals surface area (Å²) in [5, 5.41) is 4.58. The van der Waals surface area contributed by atoms with Crippen molar-refractivity contribution in [2.45, 2.75) is 18.9 Å². The van der Waals surface area contributed by atoms with Crippen LogP contribution in [0.2, 0.25) is 0 Å². The van der Waals surface area contributed by atoms with Gasteiger partial charge in [0.15, 0.2) is 34.6 Å². The van der Waals surface area contributed by atoms with Gasteiger partial charge in [-0.15, -0.1) is 0 Å². The summed E-state index contributed by atoms with van der Waals surface area (Å²) in [5.74, 6) is -3.49. The second kappa shape index (κ2) is 9.04. The number of Topliss-reactive ketones (excluding diaryl/α,β-unsaturated/α-hetero) is 1. The summed E-state index contributed by atoms with van der Waals surface area (Å²) in [7, 11) is 2.44. The van der Waals surface area contributed by atoms with Crippen LogP contribution in [0.4, 0.5) is 14.6 Å². The number of carbonyl (C=O) groups is 2. The number of benzene rings is 1. The third-order valence-corrected chi connectivity index (χ3v) is 5.78. The number of aromatic nitrogens is 4. The topological polar surface area (TPSA) is 125 Å². The second-order valence-electron chi connectivity index (χ2n) is 7.67. The number of ketones is 1. The Morgan fingerprint density at radius 3 is 2.53 bits per heavy atom. The van der Waals surface area contributed by atoms with E-state index in [4.69, 9.17) is 15.2 Å². The van der Waals surface area contributed by atoms with Crippen LogP contribution in [-0.2, 0) is 11.2 Å². The molecule has 0 aliphatic carbocycles. The molecular formula is C22H22F2N6O4. The molecule has 12 heteroatoms. The number of nitrogens with two attached hydrogens (primary N) is 1. The fourth-order valence-electron chi connectivity index (χ4n) is 4.05. The molecule has 1 atom stereocenters. The Morgan fingerprint density at radius 1 is 1.24 bits per heavy atom. The molecule has 4 rings (SSSR count). The summed E-state index contributed by atoms with van der Waals surface area (Å²) < 4.78 is 41.0. The number of fused-ring (bicyclic) bond motifs is 1. The summed E-state index contributed by atoms with van der Waals surface area (Å²) in [6.07, 6.45) is 2.35. The van der Waals surface area contributed by atoms with Crippen LogP contribution in [0.25, 0.3) is 11.0 Å². The van der Waals surface area contributed by atoms with Crippen molar-refractivity contribution in [3.8, 4) is 11.5 Å². The largest absolute Gasteiger partial charge is 0.494 e. The molecular weight excluding hydrogens is 450 g/mol. The first-order valence-corrected chi connectivity index (χ1v) is 10.3. The van der Waals surface area contributed by atoms with Gasteiger partial charge in [0.2, 0.25) is 5.91 Å². The van der Waals surface area contributed by atoms with Crippen LogP contribution in [-0.4, -0.2) is 63.6 Å². The van der Waals surface area contributed by atoms with Crippen LogP contribution in [0, 0.1) is 11.6 Å². The van der Waals surface area contributed by atoms with Gasteiger partial charge in [0.25, 0.3) is 0 Å². The molecule has 0 radical (unpaired) electrons. The number of halogens is 2. The molecule has 2 aromatic heterocycles. The third-order valence-electron chi connectivity index (χ3n) is 5.78. The van der Waals surface area contributed by atoms with Crippen LogP contribution in [0.1, 0.15) is 28.5 Å². The van der Waals surface area contributed by atoms with Crippen molar-refractivity contribution >= 4 is 28.5 Å². The zero-order valence-electron chi connectivity index (χ0n) is 18.5. The van der Waals surface area contributed by atoms with Gasteiger partial charge < -0.3 is 20.1 Å². The highest BCUT2D eigenvalue weighted by Gasteiger charge is 2.32. The minimum atomic E-state index is -1.02. The Morgan fingerprint density at radius 2 is 1.91 bits per heavy atom. The summed E-state index contributed by atoms with van der Waals surface area (Å²) in [6.45, 7) is 4.30. The fourth-order valence-corrected chi connectivity index (χ4v) is 4.05. The number of hydrogen-bond donors (Lipinski definition) is 1. The highest BCUT2D eigenvalue weighted by molar-refractivity contribution is 6.09. The van der Waals surface area contributed by atoms with E-state index < -0.39 is 29.4 Å². The first-order valence-electron chi connectivity index (χ1n) is 10.3. The zero-order valence-corrected chi connectivity index (χ0v) is 18.5. The number of nitrogen functional groups attached to an aromatic ring is 1. The molecule has 2 N–H and O–H groups in total. The lowest BCUT2D eigenvalue weighted by Gasteiger charge is -2.14. The lowest BCUT2D eigenvalue weighted by atomic mass is 10.0. The first kappa shape index (κ1) is 23.1. The molecule has 1 aliphatic rings. The number of ether oxygens (including phenoxy) is 2. The van der Waals surface area contributed by atoms with Crippen LogP contribution in [0.3, 0.4) is 0 Å². The maximum absolute atomic E-state index is 14.8. The van der Waals surface area contributed by atoms with Gasteiger partial charge in [0.1, 0.15) is 17.8 Å². The highest BCUT2D eigenvalue weighted by atomic mass is 19.1. The minimum absolute atomic E-state index is 0.000729. The third kappa shape index (κ3) is 3.80. The molecule has 0 bridgehead atoms. The summed E-state index contributed by atoms with van der Waals surface area (Å²) in [5.41, 5.74) is 5.67. The van der Waals surface area contributed by atoms with E-state index in [1.165, 1.54) is 31.3 Å². The van der Waals surface area contributed by atoms with Crippen LogP contribution >= 0.6 is 0 Å². The smallest absolute Gasteiger partial charge is 0.246 e. The van der Waals surface area contributed by atoms with Crippen molar-refractivity contribution < 1.29 is 27.8 Å². The molecule has 1 aliphatic heterocycles. The number of amides is 1. The number of likely N-dealkylation sites (tertiary alicyclic amines) is 1. The number of nitrogens with zero attached hydrogens (tertiary/aromatic N) is 5. The van der Waals surface area contributed by atoms with Gasteiger partial charge in [-0.25, -0.2) is 23.4 Å². The average Bonchev–Trinajstić information content (AvgIpc) is 3.47. The molecule has 3 heterocycles. The van der Waals surface area contributed by atoms with E-state index in [2.05, 4.69) is 21.6 Å². The summed E-state index contributed by atoms with van der Waals surface area (Å²) >= 11 is 0. The summed E-state index contributed by atoms with van der Waals surface area (Å²) in [6, 6.07) is 0.776. The predicted molar refractivity (Wildman–Crippen MR) is 118 cm³/mol. The highest BCUT2D eigenvalue weighted by Crippen LogP contribution is 2.33. The lowest BCUT2D eigenvalue weighted by Crippen LogP contribution is -2.27. The van der Waals surface area contributed by atoms with Gasteiger partial charge in [-0.05, 0) is 12.5 Å². The molecule has 1 fully saturated rings. The van der Waals surface area contributed by atoms with E-state index in [0.29, 0.717) is 19.5 Å². The molecule has 178 valence electrons. The van der Waals surface area contributed by atoms with Crippen molar-refractivity contribution in [2.24, 2.45) is 0 Å². The predicted octanol–water partition coefficient (Wildman–Crippen LogP) is 2.09. The van der Waals surface area contributed by atoms with Gasteiger partial charge >= 0.3 is 0 Å². The Hall–Kier alpha value is -4.09. The number of rotatable bonds is 7. The molecule has 1 aromatic carbocycles. The summed E-state index contributed by atoms with van der Waals surface area (Å²) in [4.78, 5) is 35.0. The standard InChI is InChI=1S/C22H22F2N6O4/c1-4-16(32)29-6-5-11(9-29)30-22-17(21(25)26-10-27-22)20(28-30)13(31)7-12-18(23)14(33-2)8-15(34-3)19(12)24/h4,8,10-11H,1,5-7,9H2,2-3H3,(H2,25,26,27)/t11-/m0/s1. The Labute approximate surface area is 193 Å². The van der Waals surface area contributed by atoms with E-state index in [0.717, 1.165) is 6.07 Å². The minimum Gasteiger partial charge on any atom is -0.494 e. The Kier molecular flexibility index (Phi) is 6.14. The molecule has 3 aromatic rings. The van der Waals surface area contributed by atoms with Crippen molar-refractivity contribution in [3.63, 3.8) is 0 Å². The van der Waals surface area contributed by atoms with Crippen molar-refractivity contribution in [1.29, 1.82) is 0 Å². The molecule has 1 saturated heterocycles. The van der Waals surface area contributed by atoms with Crippen molar-refractivity contribution in [2.75, 3.05) is 33.0 Å². The fraction of sp³-hybridized carbons (Fsp3) is 0.318. The SMILES string of the molecule is C=CC(=O)N1CC[C@H](n2nc(C(=O)Cc3c(F)c(OC)cc(OC)c3F)c3c(N)ncnc32)C1. The van der Waals surface area contributed by atoms with Gasteiger partial charge in [0.05, 0.1) is 25.6 Å². The lowest BCUT2D eigenvalue weighted by molar-refractivity contribution is -0.125.